The smallest absolute Gasteiger partial charge is 0.307 e. The summed E-state index contributed by atoms with van der Waals surface area (Å²) in [5.41, 5.74) is 0. The van der Waals surface area contributed by atoms with Crippen LogP contribution in [0.1, 0.15) is 116 Å². The molecule has 0 aromatic carbocycles. The zero-order valence-corrected chi connectivity index (χ0v) is 38.7. The minimum atomic E-state index is -0.174. The minimum Gasteiger partial charge on any atom is -0.463 e. The normalized spacial score (nSPS) is 13.8. The highest BCUT2D eigenvalue weighted by Gasteiger charge is 2.15. The Bertz CT molecular complexity index is 841. The molecule has 14 nitrogen and oxygen atoms in total. The molecule has 0 aliphatic carbocycles. The molecule has 0 amide bonds. The van der Waals surface area contributed by atoms with Crippen molar-refractivity contribution in [3.8, 4) is 0 Å². The van der Waals surface area contributed by atoms with Crippen molar-refractivity contribution in [3.63, 3.8) is 0 Å². The van der Waals surface area contributed by atoms with E-state index in [1.165, 1.54) is 96.3 Å². The monoisotopic (exact) mass is 865 g/mol. The number of esters is 1. The Morgan fingerprint density at radius 2 is 0.617 bits per heavy atom. The van der Waals surface area contributed by atoms with Gasteiger partial charge in [-0.05, 0) is 13.5 Å². The van der Waals surface area contributed by atoms with Crippen LogP contribution < -0.4 is 0 Å². The van der Waals surface area contributed by atoms with Crippen LogP contribution in [-0.4, -0.2) is 194 Å². The van der Waals surface area contributed by atoms with Crippen LogP contribution >= 0.6 is 0 Å². The molecule has 0 atom stereocenters. The molecular weight excluding hydrogens is 773 g/mol. The van der Waals surface area contributed by atoms with E-state index in [0.29, 0.717) is 132 Å². The van der Waals surface area contributed by atoms with Gasteiger partial charge in [0.2, 0.25) is 0 Å². The van der Waals surface area contributed by atoms with Crippen molar-refractivity contribution in [1.29, 1.82) is 0 Å². The van der Waals surface area contributed by atoms with Crippen molar-refractivity contribution in [1.82, 2.24) is 9.80 Å². The van der Waals surface area contributed by atoms with E-state index in [2.05, 4.69) is 23.8 Å². The van der Waals surface area contributed by atoms with Gasteiger partial charge in [-0.3, -0.25) is 4.79 Å². The maximum absolute atomic E-state index is 11.9. The van der Waals surface area contributed by atoms with Crippen molar-refractivity contribution in [2.75, 3.05) is 179 Å². The first kappa shape index (κ1) is 57.0. The zero-order chi connectivity index (χ0) is 42.9. The van der Waals surface area contributed by atoms with E-state index in [9.17, 15) is 4.79 Å². The van der Waals surface area contributed by atoms with Gasteiger partial charge in [0.1, 0.15) is 6.61 Å². The molecule has 1 aliphatic heterocycles. The molecule has 1 heterocycles. The second-order valence-electron chi connectivity index (χ2n) is 15.5. The Hall–Kier alpha value is -1.01. The summed E-state index contributed by atoms with van der Waals surface area (Å²) in [5, 5.41) is 0. The Kier molecular flexibility index (Phi) is 46.6. The molecule has 358 valence electrons. The van der Waals surface area contributed by atoms with E-state index in [4.69, 9.17) is 52.1 Å². The molecule has 0 unspecified atom stereocenters. The third-order valence-electron chi connectivity index (χ3n) is 10.2. The van der Waals surface area contributed by atoms with Crippen molar-refractivity contribution in [3.05, 3.63) is 0 Å². The number of carbonyl (C=O) groups excluding carboxylic acids is 1. The number of nitrogens with zero attached hydrogens (tertiary/aromatic N) is 2. The molecule has 0 spiro atoms. The number of piperazine rings is 1. The van der Waals surface area contributed by atoms with Gasteiger partial charge in [0.25, 0.3) is 0 Å². The Labute approximate surface area is 366 Å². The fraction of sp³-hybridized carbons (Fsp3) is 0.978. The first-order valence-corrected chi connectivity index (χ1v) is 24.1. The molecule has 0 aromatic rings. The summed E-state index contributed by atoms with van der Waals surface area (Å²) in [6.45, 7) is 18.0. The molecule has 14 heteroatoms. The fourth-order valence-electron chi connectivity index (χ4n) is 6.44. The highest BCUT2D eigenvalue weighted by atomic mass is 16.6. The quantitative estimate of drug-likeness (QED) is 0.0482. The van der Waals surface area contributed by atoms with Crippen LogP contribution in [0.2, 0.25) is 0 Å². The predicted molar refractivity (Wildman–Crippen MR) is 237 cm³/mol. The van der Waals surface area contributed by atoms with Crippen LogP contribution in [0.4, 0.5) is 0 Å². The third-order valence-corrected chi connectivity index (χ3v) is 10.2. The molecule has 0 radical (unpaired) electrons. The van der Waals surface area contributed by atoms with E-state index in [1.807, 2.05) is 0 Å². The molecule has 0 saturated carbocycles. The van der Waals surface area contributed by atoms with Crippen molar-refractivity contribution in [2.45, 2.75) is 116 Å². The van der Waals surface area contributed by atoms with Gasteiger partial charge in [-0.2, -0.15) is 0 Å². The van der Waals surface area contributed by atoms with Crippen LogP contribution in [0.25, 0.3) is 0 Å². The lowest BCUT2D eigenvalue weighted by Gasteiger charge is -2.31. The van der Waals surface area contributed by atoms with E-state index < -0.39 is 0 Å². The third kappa shape index (κ3) is 45.0. The number of carbonyl (C=O) groups is 1. The van der Waals surface area contributed by atoms with E-state index in [1.54, 1.807) is 0 Å². The highest BCUT2D eigenvalue weighted by Crippen LogP contribution is 2.14. The van der Waals surface area contributed by atoms with Gasteiger partial charge in [-0.25, -0.2) is 0 Å². The lowest BCUT2D eigenvalue weighted by atomic mass is 10.0. The van der Waals surface area contributed by atoms with E-state index >= 15 is 0 Å². The van der Waals surface area contributed by atoms with Crippen LogP contribution in [0.5, 0.6) is 0 Å². The summed E-state index contributed by atoms with van der Waals surface area (Å²) >= 11 is 0. The number of rotatable bonds is 50. The van der Waals surface area contributed by atoms with Gasteiger partial charge in [-0.15, -0.1) is 0 Å². The molecule has 0 aromatic heterocycles. The summed E-state index contributed by atoms with van der Waals surface area (Å²) in [4.78, 5) is 16.5. The predicted octanol–water partition coefficient (Wildman–Crippen LogP) is 6.59. The zero-order valence-electron chi connectivity index (χ0n) is 38.7. The fourth-order valence-corrected chi connectivity index (χ4v) is 6.44. The van der Waals surface area contributed by atoms with Crippen molar-refractivity contribution >= 4 is 5.97 Å². The summed E-state index contributed by atoms with van der Waals surface area (Å²) in [6.07, 6.45) is 22.6. The number of ether oxygens (including phenoxy) is 11. The second kappa shape index (κ2) is 49.0. The minimum absolute atomic E-state index is 0.174. The molecule has 60 heavy (non-hydrogen) atoms. The van der Waals surface area contributed by atoms with Crippen molar-refractivity contribution < 1.29 is 56.9 Å². The summed E-state index contributed by atoms with van der Waals surface area (Å²) in [6, 6.07) is 0. The van der Waals surface area contributed by atoms with Gasteiger partial charge < -0.3 is 61.9 Å². The molecular formula is C46H92N2O12. The summed E-state index contributed by atoms with van der Waals surface area (Å²) < 4.78 is 60.6. The molecule has 1 fully saturated rings. The second-order valence-corrected chi connectivity index (χ2v) is 15.5. The topological polar surface area (TPSA) is 125 Å². The molecule has 0 bridgehead atoms. The van der Waals surface area contributed by atoms with Gasteiger partial charge in [-0.1, -0.05) is 103 Å². The molecule has 0 N–H and O–H groups in total. The largest absolute Gasteiger partial charge is 0.463 e. The lowest BCUT2D eigenvalue weighted by molar-refractivity contribution is -0.145. The van der Waals surface area contributed by atoms with Gasteiger partial charge in [0, 0.05) is 39.3 Å². The Morgan fingerprint density at radius 1 is 0.350 bits per heavy atom. The summed E-state index contributed by atoms with van der Waals surface area (Å²) in [7, 11) is 2.12. The van der Waals surface area contributed by atoms with Crippen LogP contribution in [0, 0.1) is 0 Å². The van der Waals surface area contributed by atoms with Crippen LogP contribution in [-0.2, 0) is 56.9 Å². The Balaban J connectivity index is 1.61. The van der Waals surface area contributed by atoms with Crippen molar-refractivity contribution in [2.24, 2.45) is 0 Å². The van der Waals surface area contributed by atoms with Gasteiger partial charge in [0.15, 0.2) is 0 Å². The molecule has 1 saturated heterocycles. The number of hydrogen-bond donors (Lipinski definition) is 0. The standard InChI is InChI=1S/C46H92N2O12/c1-3-4-5-6-7-8-9-10-11-12-13-14-15-16-17-18-25-50-26-27-51-28-29-52-30-31-53-32-33-54-34-35-55-36-37-56-38-39-57-40-41-58-42-43-59-44-45-60-46(49)19-20-48-23-21-47(2)22-24-48/h3-45H2,1-2H3. The maximum Gasteiger partial charge on any atom is 0.307 e. The van der Waals surface area contributed by atoms with Crippen LogP contribution in [0.3, 0.4) is 0 Å². The Morgan fingerprint density at radius 3 is 0.933 bits per heavy atom. The average molecular weight is 865 g/mol. The molecule has 1 aliphatic rings. The SMILES string of the molecule is CCCCCCCCCCCCCCCCCCOCCOCCOCCOCCOCCOCCOCCOCCOCCOCCOC(=O)CCN1CCN(C)CC1. The van der Waals surface area contributed by atoms with Gasteiger partial charge >= 0.3 is 5.97 Å². The number of hydrogen-bond acceptors (Lipinski definition) is 14. The highest BCUT2D eigenvalue weighted by molar-refractivity contribution is 5.69. The average Bonchev–Trinajstić information content (AvgIpc) is 3.26. The number of unbranched alkanes of at least 4 members (excludes halogenated alkanes) is 15. The first-order valence-electron chi connectivity index (χ1n) is 24.1. The van der Waals surface area contributed by atoms with E-state index in [0.717, 1.165) is 45.8 Å². The van der Waals surface area contributed by atoms with Gasteiger partial charge in [0.05, 0.1) is 132 Å². The first-order chi connectivity index (χ1) is 29.7. The lowest BCUT2D eigenvalue weighted by Crippen LogP contribution is -2.45. The summed E-state index contributed by atoms with van der Waals surface area (Å²) in [5.74, 6) is -0.174. The maximum atomic E-state index is 11.9. The number of likely N-dealkylation sites (N-methyl/N-ethyl adjacent to an activating group) is 1. The molecule has 1 rings (SSSR count). The van der Waals surface area contributed by atoms with E-state index in [-0.39, 0.29) is 12.6 Å². The van der Waals surface area contributed by atoms with Crippen LogP contribution in [0.15, 0.2) is 0 Å².